The number of pyridine rings is 2. The zero-order valence-electron chi connectivity index (χ0n) is 18.4. The molecule has 5 nitrogen and oxygen atoms in total. The zero-order chi connectivity index (χ0) is 22.5. The summed E-state index contributed by atoms with van der Waals surface area (Å²) in [6.07, 6.45) is 3.32. The minimum Gasteiger partial charge on any atom is -0.349 e. The summed E-state index contributed by atoms with van der Waals surface area (Å²) in [6, 6.07) is 23.5. The summed E-state index contributed by atoms with van der Waals surface area (Å²) >= 11 is 0. The maximum Gasteiger partial charge on any atom is 0.265 e. The molecule has 0 fully saturated rings. The van der Waals surface area contributed by atoms with Gasteiger partial charge in [-0.25, -0.2) is 4.98 Å². The van der Waals surface area contributed by atoms with Crippen LogP contribution >= 0.6 is 0 Å². The minimum absolute atomic E-state index is 0.0581. The van der Waals surface area contributed by atoms with Gasteiger partial charge in [-0.2, -0.15) is 0 Å². The van der Waals surface area contributed by atoms with Crippen molar-refractivity contribution in [3.63, 3.8) is 0 Å². The van der Waals surface area contributed by atoms with E-state index in [-0.39, 0.29) is 23.1 Å². The van der Waals surface area contributed by atoms with Gasteiger partial charge in [0.05, 0.1) is 6.54 Å². The minimum atomic E-state index is -0.348. The highest BCUT2D eigenvalue weighted by atomic mass is 16.2. The van der Waals surface area contributed by atoms with Crippen molar-refractivity contribution in [2.45, 2.75) is 39.3 Å². The molecule has 0 spiro atoms. The molecule has 1 unspecified atom stereocenters. The quantitative estimate of drug-likeness (QED) is 0.474. The van der Waals surface area contributed by atoms with Gasteiger partial charge in [0.25, 0.3) is 11.5 Å². The van der Waals surface area contributed by atoms with Gasteiger partial charge in [0, 0.05) is 17.6 Å². The molecular weight excluding hydrogens is 398 g/mol. The van der Waals surface area contributed by atoms with Crippen molar-refractivity contribution in [3.8, 4) is 0 Å². The molecule has 0 saturated carbocycles. The second kappa shape index (κ2) is 9.60. The van der Waals surface area contributed by atoms with E-state index < -0.39 is 0 Å². The summed E-state index contributed by atoms with van der Waals surface area (Å²) in [5, 5.41) is 3.76. The maximum atomic E-state index is 13.3. The van der Waals surface area contributed by atoms with Crippen LogP contribution in [0.3, 0.4) is 0 Å². The van der Waals surface area contributed by atoms with Crippen molar-refractivity contribution in [1.29, 1.82) is 0 Å². The molecular formula is C27H27N3O2. The van der Waals surface area contributed by atoms with Crippen LogP contribution in [-0.4, -0.2) is 21.5 Å². The number of hydrogen-bond donors (Lipinski definition) is 1. The summed E-state index contributed by atoms with van der Waals surface area (Å²) in [7, 11) is 0. The largest absolute Gasteiger partial charge is 0.349 e. The average molecular weight is 426 g/mol. The second-order valence-electron chi connectivity index (χ2n) is 8.25. The molecule has 32 heavy (non-hydrogen) atoms. The second-order valence-corrected chi connectivity index (χ2v) is 8.25. The van der Waals surface area contributed by atoms with Gasteiger partial charge in [0.15, 0.2) is 0 Å². The number of amides is 1. The van der Waals surface area contributed by atoms with Crippen molar-refractivity contribution in [2.75, 3.05) is 0 Å². The number of fused-ring (bicyclic) bond motifs is 1. The molecule has 1 amide bonds. The first kappa shape index (κ1) is 21.5. The number of aryl methyl sites for hydroxylation is 2. The van der Waals surface area contributed by atoms with E-state index in [0.717, 1.165) is 29.4 Å². The highest BCUT2D eigenvalue weighted by Crippen LogP contribution is 2.14. The topological polar surface area (TPSA) is 64.0 Å². The molecule has 0 aliphatic rings. The molecule has 2 aromatic heterocycles. The highest BCUT2D eigenvalue weighted by molar-refractivity contribution is 5.97. The molecule has 2 heterocycles. The highest BCUT2D eigenvalue weighted by Gasteiger charge is 2.18. The van der Waals surface area contributed by atoms with Gasteiger partial charge in [-0.15, -0.1) is 0 Å². The van der Waals surface area contributed by atoms with Gasteiger partial charge in [0.2, 0.25) is 0 Å². The summed E-state index contributed by atoms with van der Waals surface area (Å²) in [4.78, 5) is 30.8. The lowest BCUT2D eigenvalue weighted by Crippen LogP contribution is -2.38. The Hall–Kier alpha value is -3.73. The molecule has 2 aromatic carbocycles. The van der Waals surface area contributed by atoms with Crippen LogP contribution < -0.4 is 10.9 Å². The molecule has 0 saturated heterocycles. The van der Waals surface area contributed by atoms with Gasteiger partial charge >= 0.3 is 0 Å². The maximum absolute atomic E-state index is 13.3. The molecule has 4 rings (SSSR count). The lowest BCUT2D eigenvalue weighted by molar-refractivity contribution is 0.0936. The van der Waals surface area contributed by atoms with Gasteiger partial charge < -0.3 is 5.32 Å². The normalized spacial score (nSPS) is 11.9. The third-order valence-electron chi connectivity index (χ3n) is 5.64. The Morgan fingerprint density at radius 1 is 1.00 bits per heavy atom. The number of carbonyl (C=O) groups is 1. The molecule has 4 aromatic rings. The van der Waals surface area contributed by atoms with Crippen LogP contribution in [-0.2, 0) is 13.0 Å². The van der Waals surface area contributed by atoms with Crippen molar-refractivity contribution >= 4 is 16.9 Å². The fourth-order valence-corrected chi connectivity index (χ4v) is 3.79. The Balaban J connectivity index is 1.59. The fraction of sp³-hybridized carbons (Fsp3) is 0.222. The average Bonchev–Trinajstić information content (AvgIpc) is 2.81. The first-order valence-electron chi connectivity index (χ1n) is 10.9. The van der Waals surface area contributed by atoms with E-state index in [0.29, 0.717) is 12.2 Å². The summed E-state index contributed by atoms with van der Waals surface area (Å²) in [5.41, 5.74) is 3.76. The van der Waals surface area contributed by atoms with E-state index in [4.69, 9.17) is 0 Å². The first-order valence-corrected chi connectivity index (χ1v) is 10.9. The van der Waals surface area contributed by atoms with Crippen LogP contribution in [0.4, 0.5) is 0 Å². The number of rotatable bonds is 7. The predicted octanol–water partition coefficient (Wildman–Crippen LogP) is 4.50. The molecule has 1 N–H and O–H groups in total. The van der Waals surface area contributed by atoms with Crippen molar-refractivity contribution in [2.24, 2.45) is 0 Å². The number of nitrogens with one attached hydrogen (secondary N) is 1. The van der Waals surface area contributed by atoms with Gasteiger partial charge in [-0.1, -0.05) is 60.2 Å². The Morgan fingerprint density at radius 2 is 1.75 bits per heavy atom. The van der Waals surface area contributed by atoms with Crippen LogP contribution in [0.1, 0.15) is 40.4 Å². The van der Waals surface area contributed by atoms with Crippen LogP contribution in [0.2, 0.25) is 0 Å². The molecule has 0 aliphatic heterocycles. The third kappa shape index (κ3) is 4.94. The fourth-order valence-electron chi connectivity index (χ4n) is 3.79. The standard InChI is InChI=1S/C27H27N3O2/c1-19-10-13-22(14-11-19)18-30-25-23(9-6-16-28-25)17-24(27(30)32)26(31)29-20(2)12-15-21-7-4-3-5-8-21/h3-11,13-14,16-17,20H,12,15,18H2,1-2H3,(H,29,31). The van der Waals surface area contributed by atoms with Gasteiger partial charge in [-0.05, 0) is 56.0 Å². The summed E-state index contributed by atoms with van der Waals surface area (Å²) in [5.74, 6) is -0.348. The lowest BCUT2D eigenvalue weighted by Gasteiger charge is -2.16. The smallest absolute Gasteiger partial charge is 0.265 e. The van der Waals surface area contributed by atoms with Crippen molar-refractivity contribution in [1.82, 2.24) is 14.9 Å². The number of nitrogens with zero attached hydrogens (tertiary/aromatic N) is 2. The molecule has 1 atom stereocenters. The number of aromatic nitrogens is 2. The molecule has 5 heteroatoms. The van der Waals surface area contributed by atoms with E-state index in [1.165, 1.54) is 5.56 Å². The van der Waals surface area contributed by atoms with Crippen molar-refractivity contribution < 1.29 is 4.79 Å². The van der Waals surface area contributed by atoms with Crippen LogP contribution in [0, 0.1) is 6.92 Å². The predicted molar refractivity (Wildman–Crippen MR) is 128 cm³/mol. The van der Waals surface area contributed by atoms with E-state index in [1.54, 1.807) is 16.8 Å². The Labute approximate surface area is 187 Å². The summed E-state index contributed by atoms with van der Waals surface area (Å²) < 4.78 is 1.59. The van der Waals surface area contributed by atoms with Gasteiger partial charge in [0.1, 0.15) is 11.2 Å². The van der Waals surface area contributed by atoms with E-state index >= 15 is 0 Å². The molecule has 0 aliphatic carbocycles. The lowest BCUT2D eigenvalue weighted by atomic mass is 10.1. The van der Waals surface area contributed by atoms with Crippen molar-refractivity contribution in [3.05, 3.63) is 112 Å². The SMILES string of the molecule is Cc1ccc(Cn2c(=O)c(C(=O)NC(C)CCc3ccccc3)cc3cccnc32)cc1. The van der Waals surface area contributed by atoms with Crippen LogP contribution in [0.5, 0.6) is 0 Å². The Kier molecular flexibility index (Phi) is 6.45. The molecule has 0 bridgehead atoms. The van der Waals surface area contributed by atoms with Gasteiger partial charge in [-0.3, -0.25) is 14.2 Å². The monoisotopic (exact) mass is 425 g/mol. The molecule has 162 valence electrons. The van der Waals surface area contributed by atoms with Crippen LogP contribution in [0.15, 0.2) is 83.8 Å². The number of carbonyl (C=O) groups excluding carboxylic acids is 1. The first-order chi connectivity index (χ1) is 15.5. The summed E-state index contributed by atoms with van der Waals surface area (Å²) in [6.45, 7) is 4.35. The van der Waals surface area contributed by atoms with Crippen LogP contribution in [0.25, 0.3) is 11.0 Å². The number of benzene rings is 2. The van der Waals surface area contributed by atoms with E-state index in [2.05, 4.69) is 22.4 Å². The van der Waals surface area contributed by atoms with E-state index in [9.17, 15) is 9.59 Å². The van der Waals surface area contributed by atoms with E-state index in [1.807, 2.05) is 68.4 Å². The Bertz CT molecular complexity index is 1280. The number of hydrogen-bond acceptors (Lipinski definition) is 3. The third-order valence-corrected chi connectivity index (χ3v) is 5.64. The zero-order valence-corrected chi connectivity index (χ0v) is 18.4. The Morgan fingerprint density at radius 3 is 2.50 bits per heavy atom. The molecule has 0 radical (unpaired) electrons.